The van der Waals surface area contributed by atoms with Gasteiger partial charge in [0.25, 0.3) is 0 Å². The Morgan fingerprint density at radius 3 is 1.56 bits per heavy atom. The third kappa shape index (κ3) is 6.28. The number of nitrogens with zero attached hydrogens (tertiary/aromatic N) is 1. The van der Waals surface area contributed by atoms with Gasteiger partial charge in [-0.2, -0.15) is 5.06 Å². The summed E-state index contributed by atoms with van der Waals surface area (Å²) in [5, 5.41) is 13.3. The molecule has 0 aromatic heterocycles. The van der Waals surface area contributed by atoms with Crippen LogP contribution < -0.4 is 0 Å². The van der Waals surface area contributed by atoms with Crippen LogP contribution in [0.15, 0.2) is 60.7 Å². The van der Waals surface area contributed by atoms with Crippen LogP contribution in [0.2, 0.25) is 0 Å². The average Bonchev–Trinajstić information content (AvgIpc) is 2.56. The minimum Gasteiger partial charge on any atom is -0.387 e. The lowest BCUT2D eigenvalue weighted by atomic mass is 9.89. The van der Waals surface area contributed by atoms with Crippen molar-refractivity contribution in [1.29, 1.82) is 0 Å². The van der Waals surface area contributed by atoms with Gasteiger partial charge in [-0.25, -0.2) is 0 Å². The predicted molar refractivity (Wildman–Crippen MR) is 103 cm³/mol. The molecular weight excluding hydrogens is 310 g/mol. The van der Waals surface area contributed by atoms with Crippen LogP contribution >= 0.6 is 0 Å². The Labute approximate surface area is 152 Å². The van der Waals surface area contributed by atoms with Gasteiger partial charge in [-0.05, 0) is 38.8 Å². The molecule has 0 spiro atoms. The van der Waals surface area contributed by atoms with Crippen LogP contribution in [0, 0.1) is 0 Å². The molecule has 0 saturated carbocycles. The summed E-state index contributed by atoms with van der Waals surface area (Å²) >= 11 is 0. The van der Waals surface area contributed by atoms with Crippen LogP contribution in [-0.4, -0.2) is 34.5 Å². The maximum absolute atomic E-state index is 11.4. The van der Waals surface area contributed by atoms with Crippen LogP contribution in [0.4, 0.5) is 0 Å². The van der Waals surface area contributed by atoms with Gasteiger partial charge in [0, 0.05) is 24.9 Å². The second-order valence-corrected chi connectivity index (χ2v) is 7.37. The molecule has 25 heavy (non-hydrogen) atoms. The summed E-state index contributed by atoms with van der Waals surface area (Å²) in [6.07, 6.45) is 1.12. The highest BCUT2D eigenvalue weighted by Gasteiger charge is 2.30. The van der Waals surface area contributed by atoms with Crippen molar-refractivity contribution in [2.24, 2.45) is 0 Å². The van der Waals surface area contributed by atoms with E-state index in [0.29, 0.717) is 12.8 Å². The Hall–Kier alpha value is -1.68. The second-order valence-electron chi connectivity index (χ2n) is 7.37. The fraction of sp³-hybridized carbons (Fsp3) is 0.455. The van der Waals surface area contributed by atoms with Crippen molar-refractivity contribution in [2.75, 3.05) is 6.61 Å². The molecule has 0 amide bonds. The lowest BCUT2D eigenvalue weighted by Gasteiger charge is -2.35. The molecule has 0 aliphatic rings. The fourth-order valence-electron chi connectivity index (χ4n) is 3.21. The molecule has 136 valence electrons. The van der Waals surface area contributed by atoms with Gasteiger partial charge in [0.1, 0.15) is 0 Å². The molecule has 0 aliphatic heterocycles. The number of hydrogen-bond acceptors (Lipinski definition) is 3. The van der Waals surface area contributed by atoms with Crippen molar-refractivity contribution < 1.29 is 9.94 Å². The van der Waals surface area contributed by atoms with Crippen molar-refractivity contribution in [1.82, 2.24) is 5.06 Å². The van der Waals surface area contributed by atoms with E-state index in [2.05, 4.69) is 52.0 Å². The van der Waals surface area contributed by atoms with Crippen molar-refractivity contribution in [2.45, 2.75) is 58.2 Å². The summed E-state index contributed by atoms with van der Waals surface area (Å²) in [5.41, 5.74) is 1.28. The monoisotopic (exact) mass is 341 g/mol. The van der Waals surface area contributed by atoms with E-state index in [4.69, 9.17) is 4.84 Å². The summed E-state index contributed by atoms with van der Waals surface area (Å²) in [6, 6.07) is 20.8. The van der Waals surface area contributed by atoms with Crippen molar-refractivity contribution >= 4 is 0 Å². The highest BCUT2D eigenvalue weighted by Crippen LogP contribution is 2.21. The van der Waals surface area contributed by atoms with Gasteiger partial charge in [0.2, 0.25) is 0 Å². The number of aliphatic hydroxyl groups is 1. The molecule has 2 rings (SSSR count). The van der Waals surface area contributed by atoms with Crippen LogP contribution in [0.5, 0.6) is 0 Å². The highest BCUT2D eigenvalue weighted by molar-refractivity contribution is 5.21. The van der Waals surface area contributed by atoms with E-state index in [9.17, 15) is 5.11 Å². The second kappa shape index (κ2) is 9.14. The quantitative estimate of drug-likeness (QED) is 0.692. The lowest BCUT2D eigenvalue weighted by molar-refractivity contribution is -0.231. The highest BCUT2D eigenvalue weighted by atomic mass is 16.7. The first-order valence-electron chi connectivity index (χ1n) is 9.11. The summed E-state index contributed by atoms with van der Waals surface area (Å²) in [6.45, 7) is 8.69. The van der Waals surface area contributed by atoms with E-state index >= 15 is 0 Å². The van der Waals surface area contributed by atoms with E-state index in [-0.39, 0.29) is 18.7 Å². The smallest absolute Gasteiger partial charge is 0.0980 e. The standard InChI is InChI=1S/C22H31NO2/c1-18(2)23(19(3)4)25-17-22(24,15-20-11-7-5-8-12-20)16-21-13-9-6-10-14-21/h5-14,18-19,24H,15-17H2,1-4H3. The molecule has 2 aromatic rings. The first-order valence-corrected chi connectivity index (χ1v) is 9.11. The molecule has 0 unspecified atom stereocenters. The fourth-order valence-corrected chi connectivity index (χ4v) is 3.21. The SMILES string of the molecule is CC(C)N(OCC(O)(Cc1ccccc1)Cc1ccccc1)C(C)C. The predicted octanol–water partition coefficient (Wildman–Crippen LogP) is 4.25. The van der Waals surface area contributed by atoms with E-state index < -0.39 is 5.60 Å². The van der Waals surface area contributed by atoms with E-state index in [1.54, 1.807) is 0 Å². The van der Waals surface area contributed by atoms with Gasteiger partial charge in [-0.1, -0.05) is 60.7 Å². The maximum atomic E-state index is 11.4. The summed E-state index contributed by atoms with van der Waals surface area (Å²) in [7, 11) is 0. The summed E-state index contributed by atoms with van der Waals surface area (Å²) in [5.74, 6) is 0. The summed E-state index contributed by atoms with van der Waals surface area (Å²) < 4.78 is 0. The third-order valence-electron chi connectivity index (χ3n) is 4.25. The Kier molecular flexibility index (Phi) is 7.18. The minimum atomic E-state index is -0.954. The number of hydrogen-bond donors (Lipinski definition) is 1. The molecule has 0 fully saturated rings. The van der Waals surface area contributed by atoms with Gasteiger partial charge in [-0.3, -0.25) is 4.84 Å². The Balaban J connectivity index is 2.16. The van der Waals surface area contributed by atoms with Crippen LogP contribution in [0.25, 0.3) is 0 Å². The Bertz CT molecular complexity index is 561. The topological polar surface area (TPSA) is 32.7 Å². The Morgan fingerprint density at radius 2 is 1.20 bits per heavy atom. The number of hydroxylamine groups is 2. The van der Waals surface area contributed by atoms with Gasteiger partial charge in [0.15, 0.2) is 0 Å². The zero-order valence-corrected chi connectivity index (χ0v) is 15.9. The van der Waals surface area contributed by atoms with E-state index in [0.717, 1.165) is 11.1 Å². The van der Waals surface area contributed by atoms with E-state index in [1.165, 1.54) is 0 Å². The van der Waals surface area contributed by atoms with Crippen molar-refractivity contribution in [3.05, 3.63) is 71.8 Å². The molecule has 3 nitrogen and oxygen atoms in total. The largest absolute Gasteiger partial charge is 0.387 e. The normalized spacial score (nSPS) is 12.3. The minimum absolute atomic E-state index is 0.262. The molecule has 0 aliphatic carbocycles. The van der Waals surface area contributed by atoms with E-state index in [1.807, 2.05) is 41.5 Å². The molecule has 2 aromatic carbocycles. The van der Waals surface area contributed by atoms with Crippen molar-refractivity contribution in [3.8, 4) is 0 Å². The van der Waals surface area contributed by atoms with Gasteiger partial charge in [-0.15, -0.1) is 0 Å². The van der Waals surface area contributed by atoms with Crippen LogP contribution in [-0.2, 0) is 17.7 Å². The molecule has 1 N–H and O–H groups in total. The first-order chi connectivity index (χ1) is 11.9. The molecule has 0 saturated heterocycles. The van der Waals surface area contributed by atoms with Gasteiger partial charge < -0.3 is 5.11 Å². The third-order valence-corrected chi connectivity index (χ3v) is 4.25. The van der Waals surface area contributed by atoms with Crippen LogP contribution in [0.1, 0.15) is 38.8 Å². The zero-order chi connectivity index (χ0) is 18.3. The molecular formula is C22H31NO2. The first kappa shape index (κ1) is 19.6. The maximum Gasteiger partial charge on any atom is 0.0980 e. The number of rotatable bonds is 9. The Morgan fingerprint density at radius 1 is 0.800 bits per heavy atom. The molecule has 0 radical (unpaired) electrons. The molecule has 0 heterocycles. The molecule has 0 atom stereocenters. The van der Waals surface area contributed by atoms with Gasteiger partial charge in [0.05, 0.1) is 12.2 Å². The molecule has 3 heteroatoms. The average molecular weight is 341 g/mol. The van der Waals surface area contributed by atoms with Gasteiger partial charge >= 0.3 is 0 Å². The van der Waals surface area contributed by atoms with Crippen molar-refractivity contribution in [3.63, 3.8) is 0 Å². The lowest BCUT2D eigenvalue weighted by Crippen LogP contribution is -2.45. The summed E-state index contributed by atoms with van der Waals surface area (Å²) in [4.78, 5) is 6.06. The number of benzene rings is 2. The van der Waals surface area contributed by atoms with Crippen LogP contribution in [0.3, 0.4) is 0 Å². The molecule has 0 bridgehead atoms. The zero-order valence-electron chi connectivity index (χ0n) is 15.9.